The van der Waals surface area contributed by atoms with Crippen molar-refractivity contribution in [2.24, 2.45) is 0 Å². The van der Waals surface area contributed by atoms with E-state index in [0.717, 1.165) is 11.1 Å². The second-order valence-corrected chi connectivity index (χ2v) is 4.51. The van der Waals surface area contributed by atoms with Gasteiger partial charge in [0.1, 0.15) is 6.61 Å². The Bertz CT molecular complexity index is 559. The van der Waals surface area contributed by atoms with Crippen LogP contribution in [0.5, 0.6) is 0 Å². The summed E-state index contributed by atoms with van der Waals surface area (Å²) in [6, 6.07) is 16.9. The van der Waals surface area contributed by atoms with E-state index >= 15 is 0 Å². The van der Waals surface area contributed by atoms with Crippen molar-refractivity contribution in [1.82, 2.24) is 0 Å². The summed E-state index contributed by atoms with van der Waals surface area (Å²) >= 11 is 3.21. The minimum atomic E-state index is -0.307. The lowest BCUT2D eigenvalue weighted by atomic mass is 10.1. The number of hydrogen-bond donors (Lipinski definition) is 0. The second-order valence-electron chi connectivity index (χ2n) is 3.98. The summed E-state index contributed by atoms with van der Waals surface area (Å²) < 4.78 is 5.25. The van der Waals surface area contributed by atoms with E-state index in [1.165, 1.54) is 0 Å². The molecule has 0 bridgehead atoms. The van der Waals surface area contributed by atoms with Crippen molar-refractivity contribution >= 4 is 28.0 Å². The molecule has 2 aromatic rings. The number of benzene rings is 2. The molecule has 3 heteroatoms. The van der Waals surface area contributed by atoms with Gasteiger partial charge >= 0.3 is 5.97 Å². The Labute approximate surface area is 120 Å². The molecule has 0 saturated carbocycles. The van der Waals surface area contributed by atoms with Gasteiger partial charge in [0.05, 0.1) is 5.56 Å². The van der Waals surface area contributed by atoms with E-state index in [1.807, 2.05) is 48.5 Å². The van der Waals surface area contributed by atoms with Crippen LogP contribution in [0.2, 0.25) is 0 Å². The molecule has 0 spiro atoms. The molecule has 2 rings (SSSR count). The van der Waals surface area contributed by atoms with Gasteiger partial charge in [0, 0.05) is 0 Å². The molecule has 0 aliphatic carbocycles. The Balaban J connectivity index is 1.96. The first-order valence-corrected chi connectivity index (χ1v) is 6.79. The van der Waals surface area contributed by atoms with E-state index < -0.39 is 0 Å². The highest BCUT2D eigenvalue weighted by Crippen LogP contribution is 2.10. The van der Waals surface area contributed by atoms with Crippen LogP contribution in [-0.2, 0) is 11.3 Å². The Kier molecular flexibility index (Phi) is 4.93. The lowest BCUT2D eigenvalue weighted by molar-refractivity contribution is 0.0472. The third kappa shape index (κ3) is 4.07. The summed E-state index contributed by atoms with van der Waals surface area (Å²) in [7, 11) is 0. The van der Waals surface area contributed by atoms with Gasteiger partial charge in [-0.3, -0.25) is 0 Å². The first kappa shape index (κ1) is 13.6. The SMILES string of the molecule is O=C(OCc1ccccc1)c1ccc(/C=C\Br)cc1. The minimum Gasteiger partial charge on any atom is -0.457 e. The summed E-state index contributed by atoms with van der Waals surface area (Å²) in [5, 5.41) is 0. The highest BCUT2D eigenvalue weighted by atomic mass is 79.9. The monoisotopic (exact) mass is 316 g/mol. The number of ether oxygens (including phenoxy) is 1. The number of hydrogen-bond acceptors (Lipinski definition) is 2. The molecule has 0 atom stereocenters. The van der Waals surface area contributed by atoms with Gasteiger partial charge in [-0.1, -0.05) is 58.4 Å². The summed E-state index contributed by atoms with van der Waals surface area (Å²) in [6.45, 7) is 0.294. The first-order valence-electron chi connectivity index (χ1n) is 5.87. The molecular weight excluding hydrogens is 304 g/mol. The van der Waals surface area contributed by atoms with Gasteiger partial charge in [-0.2, -0.15) is 0 Å². The zero-order chi connectivity index (χ0) is 13.5. The highest BCUT2D eigenvalue weighted by Gasteiger charge is 2.06. The van der Waals surface area contributed by atoms with E-state index in [-0.39, 0.29) is 5.97 Å². The summed E-state index contributed by atoms with van der Waals surface area (Å²) in [5.41, 5.74) is 2.56. The Morgan fingerprint density at radius 3 is 2.37 bits per heavy atom. The average molecular weight is 317 g/mol. The molecule has 0 aromatic heterocycles. The maximum atomic E-state index is 11.8. The van der Waals surface area contributed by atoms with Crippen molar-refractivity contribution in [2.75, 3.05) is 0 Å². The van der Waals surface area contributed by atoms with Crippen molar-refractivity contribution in [3.05, 3.63) is 76.3 Å². The molecule has 0 heterocycles. The van der Waals surface area contributed by atoms with Crippen molar-refractivity contribution < 1.29 is 9.53 Å². The normalized spacial score (nSPS) is 10.6. The van der Waals surface area contributed by atoms with Gasteiger partial charge < -0.3 is 4.74 Å². The van der Waals surface area contributed by atoms with E-state index in [2.05, 4.69) is 15.9 Å². The second kappa shape index (κ2) is 6.90. The molecule has 96 valence electrons. The Morgan fingerprint density at radius 2 is 1.74 bits per heavy atom. The van der Waals surface area contributed by atoms with E-state index in [1.54, 1.807) is 17.1 Å². The highest BCUT2D eigenvalue weighted by molar-refractivity contribution is 9.11. The topological polar surface area (TPSA) is 26.3 Å². The lowest BCUT2D eigenvalue weighted by Crippen LogP contribution is -2.04. The summed E-state index contributed by atoms with van der Waals surface area (Å²) in [5.74, 6) is -0.307. The van der Waals surface area contributed by atoms with Crippen molar-refractivity contribution in [3.63, 3.8) is 0 Å². The van der Waals surface area contributed by atoms with Gasteiger partial charge in [0.25, 0.3) is 0 Å². The third-order valence-corrected chi connectivity index (χ3v) is 2.88. The standard InChI is InChI=1S/C16H13BrO2/c17-11-10-13-6-8-15(9-7-13)16(18)19-12-14-4-2-1-3-5-14/h1-11H,12H2/b11-10-. The van der Waals surface area contributed by atoms with E-state index in [9.17, 15) is 4.79 Å². The van der Waals surface area contributed by atoms with Crippen LogP contribution in [0.4, 0.5) is 0 Å². The lowest BCUT2D eigenvalue weighted by Gasteiger charge is -2.05. The molecule has 2 nitrogen and oxygen atoms in total. The van der Waals surface area contributed by atoms with Crippen LogP contribution in [0.15, 0.2) is 59.6 Å². The molecule has 0 N–H and O–H groups in total. The minimum absolute atomic E-state index is 0.294. The van der Waals surface area contributed by atoms with Gasteiger partial charge in [0.15, 0.2) is 0 Å². The zero-order valence-corrected chi connectivity index (χ0v) is 11.8. The fraction of sp³-hybridized carbons (Fsp3) is 0.0625. The van der Waals surface area contributed by atoms with Crippen LogP contribution in [0.1, 0.15) is 21.5 Å². The molecule has 2 aromatic carbocycles. The fourth-order valence-corrected chi connectivity index (χ4v) is 1.91. The van der Waals surface area contributed by atoms with Crippen molar-refractivity contribution in [1.29, 1.82) is 0 Å². The van der Waals surface area contributed by atoms with Crippen LogP contribution in [0.3, 0.4) is 0 Å². The van der Waals surface area contributed by atoms with Crippen LogP contribution in [-0.4, -0.2) is 5.97 Å². The number of rotatable bonds is 4. The molecule has 0 unspecified atom stereocenters. The Hall–Kier alpha value is -1.87. The molecule has 0 saturated heterocycles. The molecule has 0 aliphatic heterocycles. The number of carbonyl (C=O) groups excluding carboxylic acids is 1. The smallest absolute Gasteiger partial charge is 0.338 e. The van der Waals surface area contributed by atoms with Crippen molar-refractivity contribution in [3.8, 4) is 0 Å². The fourth-order valence-electron chi connectivity index (χ4n) is 1.61. The number of halogens is 1. The molecule has 0 radical (unpaired) electrons. The van der Waals surface area contributed by atoms with Crippen LogP contribution >= 0.6 is 15.9 Å². The molecule has 0 aliphatic rings. The van der Waals surface area contributed by atoms with Gasteiger partial charge in [-0.05, 0) is 34.3 Å². The zero-order valence-electron chi connectivity index (χ0n) is 10.3. The van der Waals surface area contributed by atoms with Crippen molar-refractivity contribution in [2.45, 2.75) is 6.61 Å². The maximum absolute atomic E-state index is 11.8. The molecule has 0 fully saturated rings. The largest absolute Gasteiger partial charge is 0.457 e. The molecule has 19 heavy (non-hydrogen) atoms. The molecular formula is C16H13BrO2. The van der Waals surface area contributed by atoms with Crippen LogP contribution in [0, 0.1) is 0 Å². The molecule has 0 amide bonds. The predicted molar refractivity (Wildman–Crippen MR) is 80.0 cm³/mol. The van der Waals surface area contributed by atoms with Gasteiger partial charge in [0.2, 0.25) is 0 Å². The first-order chi connectivity index (χ1) is 9.29. The third-order valence-electron chi connectivity index (χ3n) is 2.61. The van der Waals surface area contributed by atoms with Crippen LogP contribution < -0.4 is 0 Å². The van der Waals surface area contributed by atoms with Crippen LogP contribution in [0.25, 0.3) is 6.08 Å². The maximum Gasteiger partial charge on any atom is 0.338 e. The average Bonchev–Trinajstić information content (AvgIpc) is 2.47. The van der Waals surface area contributed by atoms with E-state index in [0.29, 0.717) is 12.2 Å². The number of carbonyl (C=O) groups is 1. The Morgan fingerprint density at radius 1 is 1.05 bits per heavy atom. The number of esters is 1. The summed E-state index contributed by atoms with van der Waals surface area (Å²) in [6.07, 6.45) is 1.90. The van der Waals surface area contributed by atoms with Gasteiger partial charge in [-0.25, -0.2) is 4.79 Å². The summed E-state index contributed by atoms with van der Waals surface area (Å²) in [4.78, 5) is 13.6. The predicted octanol–water partition coefficient (Wildman–Crippen LogP) is 4.41. The van der Waals surface area contributed by atoms with Gasteiger partial charge in [-0.15, -0.1) is 0 Å². The van der Waals surface area contributed by atoms with E-state index in [4.69, 9.17) is 4.74 Å². The quantitative estimate of drug-likeness (QED) is 0.781.